The average molecular weight is 469 g/mol. The van der Waals surface area contributed by atoms with Crippen LogP contribution in [-0.4, -0.2) is 33.4 Å². The lowest BCUT2D eigenvalue weighted by atomic mass is 10.0. The molecule has 2 amide bonds. The molecule has 0 spiro atoms. The molecule has 2 heterocycles. The van der Waals surface area contributed by atoms with Gasteiger partial charge in [0.2, 0.25) is 11.8 Å². The number of methoxy groups -OCH3 is 1. The average Bonchev–Trinajstić information content (AvgIpc) is 3.28. The number of amides is 2. The SMILES string of the molecule is COc1ccccc1CNC(=O)CC1C(=O)N(Cc2ccccc2)C(C)c2nc3ccccc3n21. The molecule has 2 atom stereocenters. The number of carbonyl (C=O) groups is 2. The summed E-state index contributed by atoms with van der Waals surface area (Å²) in [5, 5.41) is 2.96. The minimum atomic E-state index is -0.671. The van der Waals surface area contributed by atoms with Crippen LogP contribution < -0.4 is 10.1 Å². The first-order valence-electron chi connectivity index (χ1n) is 11.8. The predicted molar refractivity (Wildman–Crippen MR) is 134 cm³/mol. The summed E-state index contributed by atoms with van der Waals surface area (Å²) >= 11 is 0. The molecule has 0 saturated carbocycles. The van der Waals surface area contributed by atoms with Gasteiger partial charge in [-0.2, -0.15) is 0 Å². The number of hydrogen-bond acceptors (Lipinski definition) is 4. The molecule has 178 valence electrons. The van der Waals surface area contributed by atoms with Crippen molar-refractivity contribution in [3.63, 3.8) is 0 Å². The van der Waals surface area contributed by atoms with Gasteiger partial charge in [-0.3, -0.25) is 9.59 Å². The Morgan fingerprint density at radius 2 is 1.71 bits per heavy atom. The Balaban J connectivity index is 1.44. The van der Waals surface area contributed by atoms with E-state index in [0.717, 1.165) is 28.0 Å². The standard InChI is InChI=1S/C28H28N4O3/c1-19-27-30-22-13-7-8-14-23(22)32(27)24(28(34)31(19)18-20-10-4-3-5-11-20)16-26(33)29-17-21-12-6-9-15-25(21)35-2/h3-15,19,24H,16-18H2,1-2H3,(H,29,33). The van der Waals surface area contributed by atoms with Crippen molar-refractivity contribution in [1.82, 2.24) is 19.8 Å². The van der Waals surface area contributed by atoms with E-state index in [-0.39, 0.29) is 24.3 Å². The molecule has 0 bridgehead atoms. The Morgan fingerprint density at radius 1 is 1.00 bits per heavy atom. The molecule has 7 nitrogen and oxygen atoms in total. The molecule has 0 aliphatic carbocycles. The molecule has 3 aromatic carbocycles. The Morgan fingerprint density at radius 3 is 2.51 bits per heavy atom. The predicted octanol–water partition coefficient (Wildman–Crippen LogP) is 4.40. The fourth-order valence-corrected chi connectivity index (χ4v) is 4.78. The summed E-state index contributed by atoms with van der Waals surface area (Å²) < 4.78 is 7.34. The second kappa shape index (κ2) is 9.62. The summed E-state index contributed by atoms with van der Waals surface area (Å²) in [6, 6.07) is 24.3. The highest BCUT2D eigenvalue weighted by Gasteiger charge is 2.40. The second-order valence-electron chi connectivity index (χ2n) is 8.76. The van der Waals surface area contributed by atoms with Crippen LogP contribution in [-0.2, 0) is 22.7 Å². The van der Waals surface area contributed by atoms with Crippen LogP contribution in [0.1, 0.15) is 42.4 Å². The third-order valence-corrected chi connectivity index (χ3v) is 6.59. The van der Waals surface area contributed by atoms with E-state index in [4.69, 9.17) is 9.72 Å². The van der Waals surface area contributed by atoms with Crippen molar-refractivity contribution >= 4 is 22.8 Å². The Hall–Kier alpha value is -4.13. The van der Waals surface area contributed by atoms with E-state index in [1.54, 1.807) is 7.11 Å². The van der Waals surface area contributed by atoms with Crippen molar-refractivity contribution in [3.05, 3.63) is 95.8 Å². The van der Waals surface area contributed by atoms with E-state index in [2.05, 4.69) is 5.32 Å². The van der Waals surface area contributed by atoms with Crippen LogP contribution >= 0.6 is 0 Å². The van der Waals surface area contributed by atoms with Gasteiger partial charge in [0.15, 0.2) is 0 Å². The van der Waals surface area contributed by atoms with Crippen LogP contribution in [0.3, 0.4) is 0 Å². The fraction of sp³-hybridized carbons (Fsp3) is 0.250. The highest BCUT2D eigenvalue weighted by molar-refractivity contribution is 5.90. The number of benzene rings is 3. The molecule has 4 aromatic rings. The van der Waals surface area contributed by atoms with E-state index in [0.29, 0.717) is 18.8 Å². The van der Waals surface area contributed by atoms with E-state index in [1.165, 1.54) is 0 Å². The first-order valence-corrected chi connectivity index (χ1v) is 11.8. The number of nitrogens with one attached hydrogen (secondary N) is 1. The minimum Gasteiger partial charge on any atom is -0.496 e. The van der Waals surface area contributed by atoms with Gasteiger partial charge < -0.3 is 19.5 Å². The smallest absolute Gasteiger partial charge is 0.247 e. The molecular weight excluding hydrogens is 440 g/mol. The summed E-state index contributed by atoms with van der Waals surface area (Å²) in [6.07, 6.45) is 0.0271. The van der Waals surface area contributed by atoms with Gasteiger partial charge in [0.25, 0.3) is 0 Å². The molecule has 0 fully saturated rings. The maximum absolute atomic E-state index is 13.8. The van der Waals surface area contributed by atoms with Crippen LogP contribution in [0, 0.1) is 0 Å². The lowest BCUT2D eigenvalue weighted by Crippen LogP contribution is -2.46. The number of fused-ring (bicyclic) bond motifs is 3. The van der Waals surface area contributed by atoms with Crippen molar-refractivity contribution in [2.24, 2.45) is 0 Å². The number of imidazole rings is 1. The van der Waals surface area contributed by atoms with Crippen molar-refractivity contribution in [2.45, 2.75) is 38.5 Å². The Bertz CT molecular complexity index is 1370. The van der Waals surface area contributed by atoms with Crippen LogP contribution in [0.15, 0.2) is 78.9 Å². The quantitative estimate of drug-likeness (QED) is 0.436. The molecule has 1 aliphatic rings. The molecule has 1 N–H and O–H groups in total. The molecule has 1 aliphatic heterocycles. The number of hydrogen-bond donors (Lipinski definition) is 1. The number of aromatic nitrogens is 2. The van der Waals surface area contributed by atoms with Gasteiger partial charge in [0, 0.05) is 18.7 Å². The van der Waals surface area contributed by atoms with Crippen molar-refractivity contribution in [1.29, 1.82) is 0 Å². The van der Waals surface area contributed by atoms with Crippen molar-refractivity contribution < 1.29 is 14.3 Å². The van der Waals surface area contributed by atoms with Gasteiger partial charge in [-0.25, -0.2) is 4.98 Å². The number of rotatable bonds is 7. The molecule has 2 unspecified atom stereocenters. The number of para-hydroxylation sites is 3. The van der Waals surface area contributed by atoms with E-state index in [1.807, 2.05) is 95.3 Å². The van der Waals surface area contributed by atoms with E-state index in [9.17, 15) is 9.59 Å². The van der Waals surface area contributed by atoms with Gasteiger partial charge in [0.1, 0.15) is 17.6 Å². The number of ether oxygens (including phenoxy) is 1. The number of carbonyl (C=O) groups excluding carboxylic acids is 2. The Labute approximate surface area is 204 Å². The first kappa shape index (κ1) is 22.7. The van der Waals surface area contributed by atoms with Gasteiger partial charge in [-0.1, -0.05) is 60.7 Å². The summed E-state index contributed by atoms with van der Waals surface area (Å²) in [4.78, 5) is 33.6. The largest absolute Gasteiger partial charge is 0.496 e. The van der Waals surface area contributed by atoms with Crippen LogP contribution in [0.25, 0.3) is 11.0 Å². The first-order chi connectivity index (χ1) is 17.1. The molecule has 35 heavy (non-hydrogen) atoms. The highest BCUT2D eigenvalue weighted by atomic mass is 16.5. The molecule has 0 radical (unpaired) electrons. The molecule has 0 saturated heterocycles. The fourth-order valence-electron chi connectivity index (χ4n) is 4.78. The molecule has 7 heteroatoms. The molecule has 1 aromatic heterocycles. The van der Waals surface area contributed by atoms with Crippen molar-refractivity contribution in [2.75, 3.05) is 7.11 Å². The summed E-state index contributed by atoms with van der Waals surface area (Å²) in [5.74, 6) is 1.23. The third-order valence-electron chi connectivity index (χ3n) is 6.59. The van der Waals surface area contributed by atoms with Crippen molar-refractivity contribution in [3.8, 4) is 5.75 Å². The van der Waals surface area contributed by atoms with E-state index < -0.39 is 6.04 Å². The van der Waals surface area contributed by atoms with Gasteiger partial charge in [0.05, 0.1) is 30.6 Å². The van der Waals surface area contributed by atoms with E-state index >= 15 is 0 Å². The summed E-state index contributed by atoms with van der Waals surface area (Å²) in [6.45, 7) is 2.78. The van der Waals surface area contributed by atoms with Gasteiger partial charge in [-0.05, 0) is 30.7 Å². The highest BCUT2D eigenvalue weighted by Crippen LogP contribution is 2.37. The number of nitrogens with zero attached hydrogens (tertiary/aromatic N) is 3. The maximum Gasteiger partial charge on any atom is 0.247 e. The molecule has 5 rings (SSSR count). The topological polar surface area (TPSA) is 76.5 Å². The zero-order valence-corrected chi connectivity index (χ0v) is 19.8. The summed E-state index contributed by atoms with van der Waals surface area (Å²) in [7, 11) is 1.61. The van der Waals surface area contributed by atoms with Gasteiger partial charge >= 0.3 is 0 Å². The maximum atomic E-state index is 13.8. The van der Waals surface area contributed by atoms with Crippen LogP contribution in [0.2, 0.25) is 0 Å². The lowest BCUT2D eigenvalue weighted by Gasteiger charge is -2.38. The Kier molecular flexibility index (Phi) is 6.23. The normalized spacial score (nSPS) is 17.3. The zero-order chi connectivity index (χ0) is 24.4. The lowest BCUT2D eigenvalue weighted by molar-refractivity contribution is -0.142. The summed E-state index contributed by atoms with van der Waals surface area (Å²) in [5.41, 5.74) is 3.61. The van der Waals surface area contributed by atoms with Crippen LogP contribution in [0.5, 0.6) is 5.75 Å². The minimum absolute atomic E-state index is 0.0271. The van der Waals surface area contributed by atoms with Crippen LogP contribution in [0.4, 0.5) is 0 Å². The third kappa shape index (κ3) is 4.37. The second-order valence-corrected chi connectivity index (χ2v) is 8.76. The zero-order valence-electron chi connectivity index (χ0n) is 19.8. The van der Waals surface area contributed by atoms with Gasteiger partial charge in [-0.15, -0.1) is 0 Å². The monoisotopic (exact) mass is 468 g/mol. The molecular formula is C28H28N4O3.